The summed E-state index contributed by atoms with van der Waals surface area (Å²) in [6.07, 6.45) is 5.78. The van der Waals surface area contributed by atoms with Gasteiger partial charge < -0.3 is 5.32 Å². The van der Waals surface area contributed by atoms with Gasteiger partial charge in [-0.15, -0.1) is 11.6 Å². The third-order valence-corrected chi connectivity index (χ3v) is 8.60. The van der Waals surface area contributed by atoms with Crippen LogP contribution in [0.2, 0.25) is 0 Å². The molecule has 1 amide bonds. The summed E-state index contributed by atoms with van der Waals surface area (Å²) in [6, 6.07) is 6.48. The highest BCUT2D eigenvalue weighted by atomic mass is 35.5. The molecule has 1 aromatic carbocycles. The van der Waals surface area contributed by atoms with Crippen molar-refractivity contribution in [3.8, 4) is 0 Å². The van der Waals surface area contributed by atoms with Gasteiger partial charge in [0.25, 0.3) is 0 Å². The molecule has 0 aromatic heterocycles. The maximum absolute atomic E-state index is 13.2. The summed E-state index contributed by atoms with van der Waals surface area (Å²) in [6.45, 7) is 0. The molecule has 5 rings (SSSR count). The summed E-state index contributed by atoms with van der Waals surface area (Å²) in [5, 5.41) is 2.99. The number of alkyl halides is 1. The van der Waals surface area contributed by atoms with Gasteiger partial charge in [0.05, 0.1) is 10.3 Å². The Bertz CT molecular complexity index is 838. The minimum Gasteiger partial charge on any atom is -0.326 e. The molecule has 0 spiro atoms. The molecule has 1 N–H and O–H groups in total. The number of hydrogen-bond acceptors (Lipinski definition) is 3. The fourth-order valence-electron chi connectivity index (χ4n) is 5.63. The number of anilines is 1. The van der Waals surface area contributed by atoms with Crippen LogP contribution in [0.15, 0.2) is 29.2 Å². The molecule has 142 valence electrons. The van der Waals surface area contributed by atoms with Gasteiger partial charge in [-0.05, 0) is 68.6 Å². The van der Waals surface area contributed by atoms with E-state index in [1.54, 1.807) is 18.2 Å². The van der Waals surface area contributed by atoms with E-state index in [2.05, 4.69) is 5.32 Å². The first-order valence-corrected chi connectivity index (χ1v) is 11.0. The van der Waals surface area contributed by atoms with Gasteiger partial charge in [-0.25, -0.2) is 12.7 Å². The van der Waals surface area contributed by atoms with E-state index in [1.165, 1.54) is 30.9 Å². The van der Waals surface area contributed by atoms with Crippen molar-refractivity contribution in [3.63, 3.8) is 0 Å². The van der Waals surface area contributed by atoms with Crippen LogP contribution >= 0.6 is 11.6 Å². The highest BCUT2D eigenvalue weighted by Crippen LogP contribution is 2.64. The molecule has 26 heavy (non-hydrogen) atoms. The number of carbonyl (C=O) groups is 1. The normalized spacial score (nSPS) is 35.7. The highest BCUT2D eigenvalue weighted by Gasteiger charge is 2.60. The minimum absolute atomic E-state index is 0.00368. The maximum Gasteiger partial charge on any atom is 0.242 e. The van der Waals surface area contributed by atoms with Gasteiger partial charge in [0.1, 0.15) is 0 Å². The van der Waals surface area contributed by atoms with Gasteiger partial charge in [-0.3, -0.25) is 4.79 Å². The van der Waals surface area contributed by atoms with Crippen molar-refractivity contribution < 1.29 is 13.2 Å². The molecule has 4 atom stereocenters. The molecule has 2 unspecified atom stereocenters. The Labute approximate surface area is 160 Å². The molecule has 1 aromatic rings. The quantitative estimate of drug-likeness (QED) is 0.792. The monoisotopic (exact) mass is 396 g/mol. The van der Waals surface area contributed by atoms with Gasteiger partial charge in [0.2, 0.25) is 15.9 Å². The van der Waals surface area contributed by atoms with Gasteiger partial charge >= 0.3 is 0 Å². The lowest BCUT2D eigenvalue weighted by Crippen LogP contribution is -2.57. The van der Waals surface area contributed by atoms with Crippen LogP contribution in [0, 0.1) is 17.3 Å². The summed E-state index contributed by atoms with van der Waals surface area (Å²) < 4.78 is 25.8. The highest BCUT2D eigenvalue weighted by molar-refractivity contribution is 7.89. The van der Waals surface area contributed by atoms with E-state index in [9.17, 15) is 13.2 Å². The number of sulfonamides is 1. The van der Waals surface area contributed by atoms with Crippen LogP contribution in [0.3, 0.4) is 0 Å². The molecular formula is C19H25ClN2O3S. The number of benzene rings is 1. The van der Waals surface area contributed by atoms with Gasteiger partial charge in [-0.2, -0.15) is 0 Å². The first-order chi connectivity index (χ1) is 12.1. The summed E-state index contributed by atoms with van der Waals surface area (Å²) in [4.78, 5) is 13.1. The fourth-order valence-corrected chi connectivity index (χ4v) is 7.27. The van der Waals surface area contributed by atoms with E-state index in [0.717, 1.165) is 32.1 Å². The van der Waals surface area contributed by atoms with Crippen molar-refractivity contribution in [2.45, 2.75) is 48.3 Å². The van der Waals surface area contributed by atoms with Crippen LogP contribution in [0.25, 0.3) is 0 Å². The maximum atomic E-state index is 13.2. The molecule has 0 radical (unpaired) electrons. The lowest BCUT2D eigenvalue weighted by Gasteiger charge is -2.59. The Morgan fingerprint density at radius 3 is 2.42 bits per heavy atom. The summed E-state index contributed by atoms with van der Waals surface area (Å²) in [7, 11) is -0.537. The average Bonchev–Trinajstić information content (AvgIpc) is 2.52. The van der Waals surface area contributed by atoms with E-state index in [-0.39, 0.29) is 15.7 Å². The van der Waals surface area contributed by atoms with E-state index >= 15 is 0 Å². The van der Waals surface area contributed by atoms with E-state index in [0.29, 0.717) is 17.5 Å². The van der Waals surface area contributed by atoms with Crippen LogP contribution in [0.5, 0.6) is 0 Å². The number of amides is 1. The molecule has 4 saturated carbocycles. The van der Waals surface area contributed by atoms with Gasteiger partial charge in [0, 0.05) is 24.7 Å². The summed E-state index contributed by atoms with van der Waals surface area (Å²) >= 11 is 6.82. The number of rotatable bonds is 4. The molecule has 0 saturated heterocycles. The topological polar surface area (TPSA) is 66.5 Å². The Kier molecular flexibility index (Phi) is 4.18. The van der Waals surface area contributed by atoms with Crippen molar-refractivity contribution in [3.05, 3.63) is 24.3 Å². The Balaban J connectivity index is 1.58. The fraction of sp³-hybridized carbons (Fsp3) is 0.632. The Hall–Kier alpha value is -1.11. The molecule has 4 aliphatic carbocycles. The van der Waals surface area contributed by atoms with Crippen LogP contribution in [0.4, 0.5) is 5.69 Å². The van der Waals surface area contributed by atoms with Crippen LogP contribution in [-0.4, -0.2) is 37.6 Å². The van der Waals surface area contributed by atoms with Crippen LogP contribution in [0.1, 0.15) is 38.5 Å². The van der Waals surface area contributed by atoms with Crippen molar-refractivity contribution in [2.24, 2.45) is 17.3 Å². The summed E-state index contributed by atoms with van der Waals surface area (Å²) in [5.41, 5.74) is 0.125. The van der Waals surface area contributed by atoms with Crippen LogP contribution < -0.4 is 5.32 Å². The predicted octanol–water partition coefficient (Wildman–Crippen LogP) is 3.45. The lowest BCUT2D eigenvalue weighted by atomic mass is 9.49. The zero-order chi connectivity index (χ0) is 18.7. The zero-order valence-corrected chi connectivity index (χ0v) is 16.7. The number of nitrogens with one attached hydrogen (secondary N) is 1. The molecule has 4 bridgehead atoms. The van der Waals surface area contributed by atoms with Crippen LogP contribution in [-0.2, 0) is 14.8 Å². The Morgan fingerprint density at radius 2 is 1.85 bits per heavy atom. The first-order valence-electron chi connectivity index (χ1n) is 9.15. The van der Waals surface area contributed by atoms with E-state index in [4.69, 9.17) is 11.6 Å². The molecule has 0 heterocycles. The predicted molar refractivity (Wildman–Crippen MR) is 102 cm³/mol. The van der Waals surface area contributed by atoms with Crippen molar-refractivity contribution in [2.75, 3.05) is 19.4 Å². The molecular weight excluding hydrogens is 372 g/mol. The molecule has 5 nitrogen and oxygen atoms in total. The lowest BCUT2D eigenvalue weighted by molar-refractivity contribution is -0.138. The molecule has 4 aliphatic rings. The Morgan fingerprint density at radius 1 is 1.19 bits per heavy atom. The SMILES string of the molecule is CN(C)S(=O)(=O)c1cccc(NC(=O)C23C[C@@H]4C[C@@H](CC(Cl)(C4)C2)C3)c1. The number of carbonyl (C=O) groups excluding carboxylic acids is 1. The molecule has 4 fully saturated rings. The number of hydrogen-bond donors (Lipinski definition) is 1. The average molecular weight is 397 g/mol. The summed E-state index contributed by atoms with van der Waals surface area (Å²) in [5.74, 6) is 1.08. The number of halogens is 1. The standard InChI is InChI=1S/C19H25ClN2O3S/c1-22(2)26(24,25)16-5-3-4-15(7-16)21-17(23)18-8-13-6-14(9-18)11-19(20,10-13)12-18/h3-5,7,13-14H,6,8-12H2,1-2H3,(H,21,23)/t13-,14+,18?,19?. The first kappa shape index (κ1) is 18.3. The third-order valence-electron chi connectivity index (χ3n) is 6.34. The molecule has 7 heteroatoms. The van der Waals surface area contributed by atoms with Gasteiger partial charge in [0.15, 0.2) is 0 Å². The third kappa shape index (κ3) is 2.96. The second-order valence-electron chi connectivity index (χ2n) is 8.66. The van der Waals surface area contributed by atoms with Crippen molar-refractivity contribution in [1.82, 2.24) is 4.31 Å². The van der Waals surface area contributed by atoms with Crippen molar-refractivity contribution in [1.29, 1.82) is 0 Å². The van der Waals surface area contributed by atoms with Crippen molar-refractivity contribution >= 4 is 33.2 Å². The van der Waals surface area contributed by atoms with Gasteiger partial charge in [-0.1, -0.05) is 6.07 Å². The molecule has 0 aliphatic heterocycles. The zero-order valence-electron chi connectivity index (χ0n) is 15.2. The second kappa shape index (κ2) is 5.94. The smallest absolute Gasteiger partial charge is 0.242 e. The largest absolute Gasteiger partial charge is 0.326 e. The second-order valence-corrected chi connectivity index (χ2v) is 11.6. The van der Waals surface area contributed by atoms with E-state index < -0.39 is 15.4 Å². The minimum atomic E-state index is -3.53. The number of nitrogens with zero attached hydrogens (tertiary/aromatic N) is 1. The van der Waals surface area contributed by atoms with E-state index in [1.807, 2.05) is 0 Å².